The predicted molar refractivity (Wildman–Crippen MR) is 144 cm³/mol. The number of hydrogen-bond acceptors (Lipinski definition) is 13. The van der Waals surface area contributed by atoms with Gasteiger partial charge in [-0.2, -0.15) is 0 Å². The minimum atomic E-state index is -1.13. The van der Waals surface area contributed by atoms with Crippen molar-refractivity contribution in [3.63, 3.8) is 0 Å². The monoisotopic (exact) mass is 613 g/mol. The van der Waals surface area contributed by atoms with Crippen molar-refractivity contribution in [1.29, 1.82) is 0 Å². The van der Waals surface area contributed by atoms with Crippen LogP contribution < -0.4 is 5.32 Å². The van der Waals surface area contributed by atoms with Crippen LogP contribution in [0.2, 0.25) is 0 Å². The maximum Gasteiger partial charge on any atom is 0.329 e. The molecule has 16 heteroatoms. The number of amides is 1. The Balaban J connectivity index is 3.16. The largest absolute Gasteiger partial charge is 0.481 e. The van der Waals surface area contributed by atoms with Crippen molar-refractivity contribution in [2.75, 3.05) is 119 Å². The fourth-order valence-corrected chi connectivity index (χ4v) is 2.80. The molecule has 0 radical (unpaired) electrons. The molecule has 0 aromatic rings. The number of hydrogen-bond donors (Lipinski definition) is 3. The number of rotatable bonds is 33. The summed E-state index contributed by atoms with van der Waals surface area (Å²) in [5.74, 6) is -2.77. The van der Waals surface area contributed by atoms with Gasteiger partial charge in [-0.05, 0) is 12.8 Å². The van der Waals surface area contributed by atoms with Crippen molar-refractivity contribution in [3.8, 4) is 0 Å². The molecule has 0 saturated carbocycles. The van der Waals surface area contributed by atoms with Crippen molar-refractivity contribution in [1.82, 2.24) is 5.32 Å². The second-order valence-electron chi connectivity index (χ2n) is 8.34. The summed E-state index contributed by atoms with van der Waals surface area (Å²) in [6.07, 6.45) is 1.20. The highest BCUT2D eigenvalue weighted by molar-refractivity contribution is 5.77. The third kappa shape index (κ3) is 33.8. The van der Waals surface area contributed by atoms with Crippen molar-refractivity contribution < 1.29 is 72.0 Å². The molecule has 0 atom stereocenters. The molecule has 0 aliphatic heterocycles. The first-order chi connectivity index (χ1) is 20.4. The second kappa shape index (κ2) is 31.5. The number of carboxylic acids is 2. The third-order valence-electron chi connectivity index (χ3n) is 4.77. The number of esters is 1. The van der Waals surface area contributed by atoms with Gasteiger partial charge in [0.1, 0.15) is 19.8 Å². The summed E-state index contributed by atoms with van der Waals surface area (Å²) in [5, 5.41) is 19.5. The fraction of sp³-hybridized carbons (Fsp3) is 0.846. The van der Waals surface area contributed by atoms with Gasteiger partial charge in [-0.25, -0.2) is 4.79 Å². The van der Waals surface area contributed by atoms with Crippen LogP contribution in [-0.4, -0.2) is 153 Å². The highest BCUT2D eigenvalue weighted by Gasteiger charge is 2.05. The highest BCUT2D eigenvalue weighted by Crippen LogP contribution is 2.01. The van der Waals surface area contributed by atoms with Crippen LogP contribution in [0, 0.1) is 0 Å². The number of unbranched alkanes of at least 4 members (excludes halogenated alkanes) is 1. The summed E-state index contributed by atoms with van der Waals surface area (Å²) in [6.45, 7) is 5.15. The molecular weight excluding hydrogens is 566 g/mol. The van der Waals surface area contributed by atoms with Gasteiger partial charge in [0.25, 0.3) is 0 Å². The molecule has 0 bridgehead atoms. The Bertz CT molecular complexity index is 680. The maximum atomic E-state index is 11.4. The summed E-state index contributed by atoms with van der Waals surface area (Å²) in [6, 6.07) is 0. The fourth-order valence-electron chi connectivity index (χ4n) is 2.80. The lowest BCUT2D eigenvalue weighted by Gasteiger charge is -2.09. The third-order valence-corrected chi connectivity index (χ3v) is 4.77. The zero-order valence-electron chi connectivity index (χ0n) is 24.3. The zero-order valence-corrected chi connectivity index (χ0v) is 24.3. The average Bonchev–Trinajstić information content (AvgIpc) is 2.95. The van der Waals surface area contributed by atoms with Crippen molar-refractivity contribution in [3.05, 3.63) is 0 Å². The van der Waals surface area contributed by atoms with Crippen molar-refractivity contribution in [2.45, 2.75) is 25.7 Å². The van der Waals surface area contributed by atoms with Gasteiger partial charge in [0.2, 0.25) is 5.91 Å². The Morgan fingerprint density at radius 1 is 0.452 bits per heavy atom. The van der Waals surface area contributed by atoms with E-state index in [-0.39, 0.29) is 45.2 Å². The molecule has 246 valence electrons. The van der Waals surface area contributed by atoms with E-state index in [1.165, 1.54) is 0 Å². The van der Waals surface area contributed by atoms with E-state index in [1.54, 1.807) is 0 Å². The summed E-state index contributed by atoms with van der Waals surface area (Å²) in [7, 11) is 0. The molecule has 0 aromatic carbocycles. The number of carboxylic acid groups (broad SMARTS) is 2. The van der Waals surface area contributed by atoms with Crippen LogP contribution in [0.25, 0.3) is 0 Å². The number of carbonyl (C=O) groups excluding carboxylic acids is 2. The molecule has 3 N–H and O–H groups in total. The highest BCUT2D eigenvalue weighted by atomic mass is 16.6. The van der Waals surface area contributed by atoms with E-state index in [0.717, 1.165) is 0 Å². The topological polar surface area (TPSA) is 204 Å². The molecule has 0 fully saturated rings. The lowest BCUT2D eigenvalue weighted by atomic mass is 10.2. The summed E-state index contributed by atoms with van der Waals surface area (Å²) < 4.78 is 47.2. The van der Waals surface area contributed by atoms with Crippen LogP contribution in [0.5, 0.6) is 0 Å². The van der Waals surface area contributed by atoms with Gasteiger partial charge in [-0.1, -0.05) is 0 Å². The average molecular weight is 614 g/mol. The van der Waals surface area contributed by atoms with E-state index in [1.807, 2.05) is 0 Å². The Kier molecular flexibility index (Phi) is 29.7. The van der Waals surface area contributed by atoms with Gasteiger partial charge in [0, 0.05) is 19.4 Å². The smallest absolute Gasteiger partial charge is 0.329 e. The van der Waals surface area contributed by atoms with E-state index in [4.69, 9.17) is 48.1 Å². The first kappa shape index (κ1) is 39.6. The standard InChI is InChI=1S/C26H47NO15/c28-23(21-41-22-25(31)32)27-5-6-34-7-8-35-9-10-36-11-12-37-13-14-38-15-16-39-17-18-40-19-20-42-26(33)4-2-1-3-24(29)30/h1-22H2,(H,27,28)(H,29,30)(H,31,32). The van der Waals surface area contributed by atoms with E-state index >= 15 is 0 Å². The van der Waals surface area contributed by atoms with Crippen LogP contribution in [0.4, 0.5) is 0 Å². The minimum absolute atomic E-state index is 0.0515. The number of nitrogens with one attached hydrogen (secondary N) is 1. The Morgan fingerprint density at radius 3 is 1.29 bits per heavy atom. The molecule has 42 heavy (non-hydrogen) atoms. The summed E-state index contributed by atoms with van der Waals surface area (Å²) in [5.41, 5.74) is 0. The molecule has 1 amide bonds. The lowest BCUT2D eigenvalue weighted by Crippen LogP contribution is -2.31. The van der Waals surface area contributed by atoms with Gasteiger partial charge in [-0.3, -0.25) is 14.4 Å². The van der Waals surface area contributed by atoms with Gasteiger partial charge < -0.3 is 58.2 Å². The SMILES string of the molecule is O=C(O)CCCCC(=O)OCCOCCOCCOCCOCCOCCOCCOCCNC(=O)COCC(=O)O. The zero-order chi connectivity index (χ0) is 30.9. The molecule has 0 aliphatic carbocycles. The Labute approximate surface area is 246 Å². The van der Waals surface area contributed by atoms with Gasteiger partial charge in [0.05, 0.1) is 92.5 Å². The molecule has 16 nitrogen and oxygen atoms in total. The quantitative estimate of drug-likeness (QED) is 0.0631. The molecule has 0 spiro atoms. The number of carbonyl (C=O) groups is 4. The van der Waals surface area contributed by atoms with Crippen LogP contribution in [0.15, 0.2) is 0 Å². The Morgan fingerprint density at radius 2 is 0.857 bits per heavy atom. The molecular formula is C26H47NO15. The Hall–Kier alpha value is -2.44. The van der Waals surface area contributed by atoms with E-state index < -0.39 is 24.5 Å². The maximum absolute atomic E-state index is 11.4. The molecule has 0 rings (SSSR count). The molecule has 0 unspecified atom stereocenters. The van der Waals surface area contributed by atoms with Gasteiger partial charge in [0.15, 0.2) is 0 Å². The van der Waals surface area contributed by atoms with E-state index in [0.29, 0.717) is 98.7 Å². The van der Waals surface area contributed by atoms with Crippen molar-refractivity contribution in [2.24, 2.45) is 0 Å². The van der Waals surface area contributed by atoms with Crippen molar-refractivity contribution >= 4 is 23.8 Å². The second-order valence-corrected chi connectivity index (χ2v) is 8.34. The number of aliphatic carboxylic acids is 2. The normalized spacial score (nSPS) is 11.0. The van der Waals surface area contributed by atoms with Crippen LogP contribution >= 0.6 is 0 Å². The van der Waals surface area contributed by atoms with Crippen LogP contribution in [0.3, 0.4) is 0 Å². The first-order valence-corrected chi connectivity index (χ1v) is 13.9. The van der Waals surface area contributed by atoms with Crippen LogP contribution in [0.1, 0.15) is 25.7 Å². The summed E-state index contributed by atoms with van der Waals surface area (Å²) in [4.78, 5) is 43.4. The van der Waals surface area contributed by atoms with E-state index in [2.05, 4.69) is 10.1 Å². The lowest BCUT2D eigenvalue weighted by molar-refractivity contribution is -0.146. The van der Waals surface area contributed by atoms with Gasteiger partial charge in [-0.15, -0.1) is 0 Å². The van der Waals surface area contributed by atoms with Crippen LogP contribution in [-0.2, 0) is 61.8 Å². The molecule has 0 saturated heterocycles. The summed E-state index contributed by atoms with van der Waals surface area (Å²) >= 11 is 0. The molecule has 0 aromatic heterocycles. The molecule has 0 heterocycles. The first-order valence-electron chi connectivity index (χ1n) is 13.9. The van der Waals surface area contributed by atoms with E-state index in [9.17, 15) is 19.2 Å². The number of ether oxygens (including phenoxy) is 9. The van der Waals surface area contributed by atoms with Gasteiger partial charge >= 0.3 is 17.9 Å². The minimum Gasteiger partial charge on any atom is -0.481 e. The molecule has 0 aliphatic rings. The predicted octanol–water partition coefficient (Wildman–Crippen LogP) is -0.492.